The number of benzene rings is 1. The van der Waals surface area contributed by atoms with Crippen molar-refractivity contribution < 1.29 is 29.2 Å². The van der Waals surface area contributed by atoms with Gasteiger partial charge in [0.2, 0.25) is 11.8 Å². The van der Waals surface area contributed by atoms with Gasteiger partial charge in [0.25, 0.3) is 0 Å². The summed E-state index contributed by atoms with van der Waals surface area (Å²) in [4.78, 5) is 36.7. The minimum Gasteiger partial charge on any atom is -0.466 e. The molecule has 0 radical (unpaired) electrons. The molecule has 152 valence electrons. The van der Waals surface area contributed by atoms with Gasteiger partial charge in [-0.15, -0.1) is 0 Å². The number of likely N-dealkylation sites (N-methyl/N-ethyl adjacent to an activating group) is 1. The third kappa shape index (κ3) is 7.54. The Hall–Kier alpha value is -2.65. The van der Waals surface area contributed by atoms with Crippen LogP contribution in [0.4, 0.5) is 0 Å². The Balaban J connectivity index is 2.76. The predicted octanol–water partition coefficient (Wildman–Crippen LogP) is -0.0796. The molecule has 3 N–H and O–H groups in total. The minimum atomic E-state index is -1.75. The van der Waals surface area contributed by atoms with E-state index in [1.807, 2.05) is 32.0 Å². The molecule has 0 aliphatic rings. The number of esters is 1. The molecular formula is C19H27BN2O6. The summed E-state index contributed by atoms with van der Waals surface area (Å²) in [5, 5.41) is 21.8. The molecule has 9 heteroatoms. The molecule has 0 aliphatic carbocycles. The van der Waals surface area contributed by atoms with E-state index >= 15 is 0 Å². The summed E-state index contributed by atoms with van der Waals surface area (Å²) in [7, 11) is -0.562. The summed E-state index contributed by atoms with van der Waals surface area (Å²) >= 11 is 0. The van der Waals surface area contributed by atoms with Gasteiger partial charge in [-0.2, -0.15) is 0 Å². The standard InChI is InChI=1S/C19H27BN2O6/c1-5-22(18(24)8-9-19(25)28-4)12-17(23)21-16(20(26)27)11-15-7-6-13(2)10-14(15)3/h6-10,16,26-27H,5,11-12H2,1-4H3,(H,21,23)/b9-8+/t16-/m0/s1. The molecule has 1 aromatic carbocycles. The van der Waals surface area contributed by atoms with Crippen molar-refractivity contribution in [2.75, 3.05) is 20.2 Å². The maximum Gasteiger partial charge on any atom is 0.475 e. The zero-order valence-corrected chi connectivity index (χ0v) is 16.6. The van der Waals surface area contributed by atoms with Crippen LogP contribution in [0.5, 0.6) is 0 Å². The van der Waals surface area contributed by atoms with E-state index in [1.54, 1.807) is 6.92 Å². The Labute approximate surface area is 165 Å². The van der Waals surface area contributed by atoms with Gasteiger partial charge in [-0.05, 0) is 38.3 Å². The summed E-state index contributed by atoms with van der Waals surface area (Å²) < 4.78 is 4.42. The smallest absolute Gasteiger partial charge is 0.466 e. The van der Waals surface area contributed by atoms with Gasteiger partial charge in [0.1, 0.15) is 0 Å². The summed E-state index contributed by atoms with van der Waals surface area (Å²) in [5.41, 5.74) is 2.95. The van der Waals surface area contributed by atoms with Crippen LogP contribution in [0.25, 0.3) is 0 Å². The molecule has 0 fully saturated rings. The summed E-state index contributed by atoms with van der Waals surface area (Å²) in [6, 6.07) is 5.77. The number of hydrogen-bond acceptors (Lipinski definition) is 6. The first-order valence-corrected chi connectivity index (χ1v) is 8.94. The molecule has 28 heavy (non-hydrogen) atoms. The summed E-state index contributed by atoms with van der Waals surface area (Å²) in [6.45, 7) is 5.52. The van der Waals surface area contributed by atoms with Gasteiger partial charge < -0.3 is 25.0 Å². The number of aryl methyl sites for hydroxylation is 2. The van der Waals surface area contributed by atoms with E-state index in [0.29, 0.717) is 0 Å². The van der Waals surface area contributed by atoms with E-state index in [1.165, 1.54) is 12.0 Å². The highest BCUT2D eigenvalue weighted by molar-refractivity contribution is 6.43. The lowest BCUT2D eigenvalue weighted by atomic mass is 9.75. The predicted molar refractivity (Wildman–Crippen MR) is 105 cm³/mol. The molecule has 0 spiro atoms. The molecule has 8 nitrogen and oxygen atoms in total. The molecule has 0 bridgehead atoms. The number of amides is 2. The highest BCUT2D eigenvalue weighted by atomic mass is 16.5. The van der Waals surface area contributed by atoms with E-state index in [2.05, 4.69) is 10.1 Å². The average Bonchev–Trinajstić information content (AvgIpc) is 2.64. The first kappa shape index (κ1) is 23.4. The first-order chi connectivity index (χ1) is 13.2. The van der Waals surface area contributed by atoms with Gasteiger partial charge in [-0.1, -0.05) is 23.8 Å². The maximum atomic E-state index is 12.3. The van der Waals surface area contributed by atoms with Crippen LogP contribution in [0.3, 0.4) is 0 Å². The molecule has 1 aromatic rings. The molecule has 0 aromatic heterocycles. The van der Waals surface area contributed by atoms with Crippen LogP contribution in [0.1, 0.15) is 23.6 Å². The Bertz CT molecular complexity index is 735. The van der Waals surface area contributed by atoms with Crippen LogP contribution in [0.2, 0.25) is 0 Å². The Morgan fingerprint density at radius 1 is 1.25 bits per heavy atom. The van der Waals surface area contributed by atoms with Gasteiger partial charge in [0, 0.05) is 18.7 Å². The van der Waals surface area contributed by atoms with E-state index in [-0.39, 0.29) is 19.5 Å². The van der Waals surface area contributed by atoms with E-state index in [9.17, 15) is 24.4 Å². The van der Waals surface area contributed by atoms with Gasteiger partial charge in [0.15, 0.2) is 0 Å². The topological polar surface area (TPSA) is 116 Å². The van der Waals surface area contributed by atoms with Crippen molar-refractivity contribution in [3.63, 3.8) is 0 Å². The SMILES string of the molecule is CCN(CC(=O)N[C@@H](Cc1ccc(C)cc1C)B(O)O)C(=O)/C=C/C(=O)OC. The van der Waals surface area contributed by atoms with Crippen molar-refractivity contribution in [3.05, 3.63) is 47.0 Å². The minimum absolute atomic E-state index is 0.234. The fourth-order valence-corrected chi connectivity index (χ4v) is 2.63. The van der Waals surface area contributed by atoms with Crippen molar-refractivity contribution in [1.29, 1.82) is 0 Å². The zero-order valence-electron chi connectivity index (χ0n) is 16.6. The van der Waals surface area contributed by atoms with E-state index in [4.69, 9.17) is 0 Å². The van der Waals surface area contributed by atoms with Crippen LogP contribution in [-0.4, -0.2) is 66.0 Å². The van der Waals surface area contributed by atoms with Crippen molar-refractivity contribution in [1.82, 2.24) is 10.2 Å². The lowest BCUT2D eigenvalue weighted by molar-refractivity contribution is -0.135. The fraction of sp³-hybridized carbons (Fsp3) is 0.421. The second-order valence-electron chi connectivity index (χ2n) is 6.43. The number of nitrogens with one attached hydrogen (secondary N) is 1. The summed E-state index contributed by atoms with van der Waals surface area (Å²) in [5.74, 6) is -2.66. The first-order valence-electron chi connectivity index (χ1n) is 8.94. The van der Waals surface area contributed by atoms with Crippen LogP contribution < -0.4 is 5.32 Å². The Morgan fingerprint density at radius 3 is 2.46 bits per heavy atom. The van der Waals surface area contributed by atoms with Gasteiger partial charge in [-0.3, -0.25) is 9.59 Å². The highest BCUT2D eigenvalue weighted by Crippen LogP contribution is 2.13. The molecule has 0 aliphatic heterocycles. The number of carbonyl (C=O) groups is 3. The van der Waals surface area contributed by atoms with Crippen LogP contribution in [-0.2, 0) is 25.5 Å². The molecule has 2 amide bonds. The monoisotopic (exact) mass is 390 g/mol. The number of nitrogens with zero attached hydrogens (tertiary/aromatic N) is 1. The maximum absolute atomic E-state index is 12.3. The molecule has 0 unspecified atom stereocenters. The van der Waals surface area contributed by atoms with Crippen LogP contribution in [0, 0.1) is 13.8 Å². The largest absolute Gasteiger partial charge is 0.475 e. The van der Waals surface area contributed by atoms with E-state index < -0.39 is 30.8 Å². The van der Waals surface area contributed by atoms with Crippen LogP contribution >= 0.6 is 0 Å². The fourth-order valence-electron chi connectivity index (χ4n) is 2.63. The molecular weight excluding hydrogens is 363 g/mol. The number of methoxy groups -OCH3 is 1. The second kappa shape index (κ2) is 11.3. The normalized spacial score (nSPS) is 11.8. The average molecular weight is 390 g/mol. The molecule has 1 rings (SSSR count). The Morgan fingerprint density at radius 2 is 1.93 bits per heavy atom. The van der Waals surface area contributed by atoms with Crippen molar-refractivity contribution in [2.24, 2.45) is 0 Å². The number of ether oxygens (including phenoxy) is 1. The van der Waals surface area contributed by atoms with Crippen molar-refractivity contribution in [2.45, 2.75) is 33.1 Å². The number of rotatable bonds is 9. The molecule has 0 saturated heterocycles. The third-order valence-electron chi connectivity index (χ3n) is 4.24. The van der Waals surface area contributed by atoms with Crippen LogP contribution in [0.15, 0.2) is 30.4 Å². The quantitative estimate of drug-likeness (QED) is 0.309. The number of carbonyl (C=O) groups excluding carboxylic acids is 3. The Kier molecular flexibility index (Phi) is 9.40. The van der Waals surface area contributed by atoms with Gasteiger partial charge in [-0.25, -0.2) is 4.79 Å². The zero-order chi connectivity index (χ0) is 21.3. The second-order valence-corrected chi connectivity index (χ2v) is 6.43. The van der Waals surface area contributed by atoms with Crippen molar-refractivity contribution in [3.8, 4) is 0 Å². The van der Waals surface area contributed by atoms with Crippen molar-refractivity contribution >= 4 is 24.9 Å². The highest BCUT2D eigenvalue weighted by Gasteiger charge is 2.27. The van der Waals surface area contributed by atoms with Gasteiger partial charge in [0.05, 0.1) is 19.6 Å². The summed E-state index contributed by atoms with van der Waals surface area (Å²) in [6.07, 6.45) is 2.23. The lowest BCUT2D eigenvalue weighted by Crippen LogP contribution is -2.51. The molecule has 0 saturated carbocycles. The van der Waals surface area contributed by atoms with Gasteiger partial charge >= 0.3 is 13.1 Å². The molecule has 0 heterocycles. The lowest BCUT2D eigenvalue weighted by Gasteiger charge is -2.23. The van der Waals surface area contributed by atoms with E-state index in [0.717, 1.165) is 28.8 Å². The third-order valence-corrected chi connectivity index (χ3v) is 4.24. The number of hydrogen-bond donors (Lipinski definition) is 3. The molecule has 1 atom stereocenters.